The Morgan fingerprint density at radius 2 is 1.93 bits per heavy atom. The first-order valence-corrected chi connectivity index (χ1v) is 6.59. The largest absolute Gasteiger partial charge is 0.314 e. The van der Waals surface area contributed by atoms with E-state index in [0.29, 0.717) is 0 Å². The molecule has 0 aromatic rings. The number of piperidine rings is 1. The molecule has 3 rings (SSSR count). The molecule has 86 valence electrons. The molecular formula is C12H23N3. The molecule has 3 heteroatoms. The van der Waals surface area contributed by atoms with Crippen molar-refractivity contribution in [3.8, 4) is 0 Å². The van der Waals surface area contributed by atoms with Gasteiger partial charge in [0.1, 0.15) is 0 Å². The third kappa shape index (κ3) is 2.19. The van der Waals surface area contributed by atoms with Crippen LogP contribution in [0.25, 0.3) is 0 Å². The Bertz CT molecular complexity index is 213. The normalized spacial score (nSPS) is 37.6. The Morgan fingerprint density at radius 1 is 1.07 bits per heavy atom. The van der Waals surface area contributed by atoms with E-state index in [1.54, 1.807) is 0 Å². The zero-order chi connectivity index (χ0) is 10.1. The number of nitrogens with zero attached hydrogens (tertiary/aromatic N) is 2. The predicted octanol–water partition coefficient (Wildman–Crippen LogP) is 0.376. The van der Waals surface area contributed by atoms with Gasteiger partial charge in [-0.3, -0.25) is 9.80 Å². The monoisotopic (exact) mass is 209 g/mol. The van der Waals surface area contributed by atoms with Crippen LogP contribution < -0.4 is 5.32 Å². The van der Waals surface area contributed by atoms with Crippen molar-refractivity contribution in [2.75, 3.05) is 45.8 Å². The minimum atomic E-state index is 0.956. The first-order chi connectivity index (χ1) is 7.42. The average molecular weight is 209 g/mol. The van der Waals surface area contributed by atoms with Gasteiger partial charge in [-0.2, -0.15) is 0 Å². The first-order valence-electron chi connectivity index (χ1n) is 6.59. The minimum absolute atomic E-state index is 0.956. The predicted molar refractivity (Wildman–Crippen MR) is 62.0 cm³/mol. The van der Waals surface area contributed by atoms with Crippen LogP contribution in [0.5, 0.6) is 0 Å². The Hall–Kier alpha value is -0.120. The molecule has 1 saturated carbocycles. The van der Waals surface area contributed by atoms with Gasteiger partial charge < -0.3 is 5.32 Å². The molecule has 2 bridgehead atoms. The van der Waals surface area contributed by atoms with E-state index in [9.17, 15) is 0 Å². The van der Waals surface area contributed by atoms with Gasteiger partial charge in [-0.25, -0.2) is 0 Å². The topological polar surface area (TPSA) is 18.5 Å². The van der Waals surface area contributed by atoms with Gasteiger partial charge in [0.15, 0.2) is 0 Å². The maximum absolute atomic E-state index is 3.41. The van der Waals surface area contributed by atoms with Crippen LogP contribution in [0.4, 0.5) is 0 Å². The van der Waals surface area contributed by atoms with Gasteiger partial charge >= 0.3 is 0 Å². The van der Waals surface area contributed by atoms with Gasteiger partial charge in [0.05, 0.1) is 0 Å². The smallest absolute Gasteiger partial charge is 0.0112 e. The highest BCUT2D eigenvalue weighted by Crippen LogP contribution is 2.36. The Morgan fingerprint density at radius 3 is 2.60 bits per heavy atom. The highest BCUT2D eigenvalue weighted by molar-refractivity contribution is 4.92. The van der Waals surface area contributed by atoms with Crippen LogP contribution in [0.15, 0.2) is 0 Å². The van der Waals surface area contributed by atoms with Crippen LogP contribution in [0.3, 0.4) is 0 Å². The van der Waals surface area contributed by atoms with Crippen molar-refractivity contribution in [3.05, 3.63) is 0 Å². The summed E-state index contributed by atoms with van der Waals surface area (Å²) in [6.45, 7) is 8.89. The van der Waals surface area contributed by atoms with Crippen molar-refractivity contribution in [2.45, 2.75) is 25.3 Å². The molecule has 0 radical (unpaired) electrons. The van der Waals surface area contributed by atoms with E-state index in [4.69, 9.17) is 0 Å². The van der Waals surface area contributed by atoms with Crippen LogP contribution in [0.1, 0.15) is 19.3 Å². The number of hydrogen-bond acceptors (Lipinski definition) is 3. The number of likely N-dealkylation sites (tertiary alicyclic amines) is 1. The van der Waals surface area contributed by atoms with Gasteiger partial charge in [-0.1, -0.05) is 0 Å². The lowest BCUT2D eigenvalue weighted by molar-refractivity contribution is 0.162. The molecule has 3 fully saturated rings. The zero-order valence-corrected chi connectivity index (χ0v) is 9.62. The van der Waals surface area contributed by atoms with Gasteiger partial charge in [0.2, 0.25) is 0 Å². The fourth-order valence-corrected chi connectivity index (χ4v) is 3.51. The van der Waals surface area contributed by atoms with Crippen LogP contribution in [-0.2, 0) is 0 Å². The maximum atomic E-state index is 3.41. The van der Waals surface area contributed by atoms with E-state index in [0.717, 1.165) is 12.0 Å². The molecule has 2 atom stereocenters. The van der Waals surface area contributed by atoms with E-state index in [1.165, 1.54) is 65.1 Å². The minimum Gasteiger partial charge on any atom is -0.314 e. The second-order valence-corrected chi connectivity index (χ2v) is 5.42. The third-order valence-electron chi connectivity index (χ3n) is 4.44. The molecule has 0 amide bonds. The van der Waals surface area contributed by atoms with Crippen molar-refractivity contribution in [3.63, 3.8) is 0 Å². The molecule has 0 aromatic heterocycles. The molecule has 0 spiro atoms. The van der Waals surface area contributed by atoms with Gasteiger partial charge in [0, 0.05) is 51.9 Å². The Balaban J connectivity index is 1.42. The second-order valence-electron chi connectivity index (χ2n) is 5.42. The van der Waals surface area contributed by atoms with Crippen molar-refractivity contribution in [1.82, 2.24) is 15.1 Å². The molecule has 0 aromatic carbocycles. The average Bonchev–Trinajstić information content (AvgIpc) is 2.89. The summed E-state index contributed by atoms with van der Waals surface area (Å²) in [4.78, 5) is 5.36. The van der Waals surface area contributed by atoms with E-state index < -0.39 is 0 Å². The quantitative estimate of drug-likeness (QED) is 0.725. The van der Waals surface area contributed by atoms with Gasteiger partial charge in [-0.15, -0.1) is 0 Å². The first kappa shape index (κ1) is 10.1. The Labute approximate surface area is 92.8 Å². The summed E-state index contributed by atoms with van der Waals surface area (Å²) in [5.41, 5.74) is 0. The van der Waals surface area contributed by atoms with Crippen molar-refractivity contribution in [1.29, 1.82) is 0 Å². The molecule has 15 heavy (non-hydrogen) atoms. The van der Waals surface area contributed by atoms with Crippen molar-refractivity contribution < 1.29 is 0 Å². The van der Waals surface area contributed by atoms with Crippen LogP contribution >= 0.6 is 0 Å². The lowest BCUT2D eigenvalue weighted by atomic mass is 10.1. The molecular weight excluding hydrogens is 186 g/mol. The molecule has 3 aliphatic rings. The standard InChI is InChI=1S/C12H23N3/c1-2-12-9-11(1)10-15(12)8-7-14-5-3-13-4-6-14/h11-13H,1-10H2. The highest BCUT2D eigenvalue weighted by Gasteiger charge is 2.37. The molecule has 2 unspecified atom stereocenters. The summed E-state index contributed by atoms with van der Waals surface area (Å²) in [6, 6.07) is 0.956. The van der Waals surface area contributed by atoms with E-state index in [-0.39, 0.29) is 0 Å². The van der Waals surface area contributed by atoms with Crippen LogP contribution in [-0.4, -0.2) is 61.7 Å². The molecule has 1 aliphatic carbocycles. The molecule has 2 saturated heterocycles. The highest BCUT2D eigenvalue weighted by atomic mass is 15.2. The zero-order valence-electron chi connectivity index (χ0n) is 9.62. The lowest BCUT2D eigenvalue weighted by Gasteiger charge is -2.32. The Kier molecular flexibility index (Phi) is 2.95. The lowest BCUT2D eigenvalue weighted by Crippen LogP contribution is -2.47. The van der Waals surface area contributed by atoms with E-state index >= 15 is 0 Å². The van der Waals surface area contributed by atoms with Crippen molar-refractivity contribution >= 4 is 0 Å². The summed E-state index contributed by atoms with van der Waals surface area (Å²) in [5.74, 6) is 1.05. The third-order valence-corrected chi connectivity index (χ3v) is 4.44. The molecule has 2 heterocycles. The summed E-state index contributed by atoms with van der Waals surface area (Å²) in [6.07, 6.45) is 4.49. The fourth-order valence-electron chi connectivity index (χ4n) is 3.51. The molecule has 3 nitrogen and oxygen atoms in total. The second kappa shape index (κ2) is 4.40. The number of nitrogens with one attached hydrogen (secondary N) is 1. The summed E-state index contributed by atoms with van der Waals surface area (Å²) in [5, 5.41) is 3.41. The summed E-state index contributed by atoms with van der Waals surface area (Å²) < 4.78 is 0. The summed E-state index contributed by atoms with van der Waals surface area (Å²) >= 11 is 0. The molecule has 1 N–H and O–H groups in total. The number of rotatable bonds is 3. The van der Waals surface area contributed by atoms with Gasteiger partial charge in [0.25, 0.3) is 0 Å². The maximum Gasteiger partial charge on any atom is 0.0112 e. The summed E-state index contributed by atoms with van der Waals surface area (Å²) in [7, 11) is 0. The fraction of sp³-hybridized carbons (Fsp3) is 1.00. The number of fused-ring (bicyclic) bond motifs is 2. The number of hydrogen-bond donors (Lipinski definition) is 1. The number of piperazine rings is 1. The van der Waals surface area contributed by atoms with Crippen LogP contribution in [0, 0.1) is 5.92 Å². The van der Waals surface area contributed by atoms with Crippen LogP contribution in [0.2, 0.25) is 0 Å². The SMILES string of the molecule is C1CN(CCN2CC3CCC2C3)CCN1. The van der Waals surface area contributed by atoms with Gasteiger partial charge in [-0.05, 0) is 25.2 Å². The van der Waals surface area contributed by atoms with E-state index in [1.807, 2.05) is 0 Å². The molecule has 2 aliphatic heterocycles. The van der Waals surface area contributed by atoms with E-state index in [2.05, 4.69) is 15.1 Å². The van der Waals surface area contributed by atoms with Crippen molar-refractivity contribution in [2.24, 2.45) is 5.92 Å².